The Morgan fingerprint density at radius 1 is 1.00 bits per heavy atom. The Hall–Kier alpha value is -1.35. The molecule has 0 aromatic heterocycles. The van der Waals surface area contributed by atoms with E-state index in [1.54, 1.807) is 19.0 Å². The smallest absolute Gasteiger partial charge is 0.253 e. The van der Waals surface area contributed by atoms with Gasteiger partial charge in [-0.2, -0.15) is 0 Å². The summed E-state index contributed by atoms with van der Waals surface area (Å²) in [5, 5.41) is 0. The number of nitrogens with zero attached hydrogens (tertiary/aromatic N) is 2. The maximum atomic E-state index is 11.6. The maximum absolute atomic E-state index is 11.6. The Labute approximate surface area is 143 Å². The zero-order valence-electron chi connectivity index (χ0n) is 16.3. The highest BCUT2D eigenvalue weighted by atomic mass is 16.2. The first kappa shape index (κ1) is 21.6. The molecule has 0 aliphatic carbocycles. The molecular formula is C20H36N2O. The van der Waals surface area contributed by atoms with Gasteiger partial charge in [-0.1, -0.05) is 33.8 Å². The minimum atomic E-state index is 0.0655. The second-order valence-electron chi connectivity index (χ2n) is 6.13. The fourth-order valence-electron chi connectivity index (χ4n) is 2.54. The summed E-state index contributed by atoms with van der Waals surface area (Å²) < 4.78 is 0. The number of carbonyl (C=O) groups is 1. The molecule has 1 aromatic rings. The number of carbonyl (C=O) groups excluding carboxylic acids is 1. The normalized spacial score (nSPS) is 10.3. The van der Waals surface area contributed by atoms with E-state index in [0.717, 1.165) is 12.0 Å². The zero-order valence-corrected chi connectivity index (χ0v) is 16.3. The van der Waals surface area contributed by atoms with E-state index >= 15 is 0 Å². The van der Waals surface area contributed by atoms with Gasteiger partial charge in [-0.3, -0.25) is 4.79 Å². The molecule has 0 heterocycles. The first-order chi connectivity index (χ1) is 10.9. The van der Waals surface area contributed by atoms with Crippen LogP contribution in [-0.2, 0) is 6.42 Å². The minimum absolute atomic E-state index is 0.0655. The second kappa shape index (κ2) is 12.1. The zero-order chi connectivity index (χ0) is 17.8. The van der Waals surface area contributed by atoms with Crippen molar-refractivity contribution in [3.05, 3.63) is 34.9 Å². The Balaban J connectivity index is 0.000000468. The van der Waals surface area contributed by atoms with Crippen molar-refractivity contribution < 1.29 is 4.79 Å². The summed E-state index contributed by atoms with van der Waals surface area (Å²) in [5.74, 6) is 0.0655. The van der Waals surface area contributed by atoms with Crippen LogP contribution in [0.4, 0.5) is 0 Å². The highest BCUT2D eigenvalue weighted by Crippen LogP contribution is 2.12. The monoisotopic (exact) mass is 320 g/mol. The van der Waals surface area contributed by atoms with E-state index < -0.39 is 0 Å². The molecule has 0 atom stereocenters. The van der Waals surface area contributed by atoms with Crippen molar-refractivity contribution in [1.29, 1.82) is 0 Å². The highest BCUT2D eigenvalue weighted by molar-refractivity contribution is 5.94. The molecule has 0 saturated carbocycles. The van der Waals surface area contributed by atoms with Gasteiger partial charge < -0.3 is 9.80 Å². The SMILES string of the molecule is CCCN(CC)CCC.CCc1ccc(C(=O)N(C)C)cc1C. The Bertz CT molecular complexity index is 449. The number of aryl methyl sites for hydroxylation is 2. The molecule has 1 rings (SSSR count). The summed E-state index contributed by atoms with van der Waals surface area (Å²) in [4.78, 5) is 15.7. The van der Waals surface area contributed by atoms with E-state index in [4.69, 9.17) is 0 Å². The highest BCUT2D eigenvalue weighted by Gasteiger charge is 2.08. The van der Waals surface area contributed by atoms with Crippen molar-refractivity contribution in [2.24, 2.45) is 0 Å². The van der Waals surface area contributed by atoms with Gasteiger partial charge in [-0.25, -0.2) is 0 Å². The Morgan fingerprint density at radius 3 is 1.91 bits per heavy atom. The summed E-state index contributed by atoms with van der Waals surface area (Å²) >= 11 is 0. The molecule has 0 fully saturated rings. The van der Waals surface area contributed by atoms with Crippen LogP contribution < -0.4 is 0 Å². The molecule has 0 N–H and O–H groups in total. The van der Waals surface area contributed by atoms with Crippen molar-refractivity contribution in [1.82, 2.24) is 9.80 Å². The third-order valence-corrected chi connectivity index (χ3v) is 3.90. The molecule has 0 saturated heterocycles. The quantitative estimate of drug-likeness (QED) is 0.744. The fraction of sp³-hybridized carbons (Fsp3) is 0.650. The molecule has 0 aliphatic rings. The Kier molecular flexibility index (Phi) is 11.4. The lowest BCUT2D eigenvalue weighted by atomic mass is 10.0. The number of hydrogen-bond acceptors (Lipinski definition) is 2. The molecule has 0 spiro atoms. The number of rotatable bonds is 7. The van der Waals surface area contributed by atoms with Gasteiger partial charge in [0.25, 0.3) is 5.91 Å². The third-order valence-electron chi connectivity index (χ3n) is 3.90. The van der Waals surface area contributed by atoms with Crippen LogP contribution in [0.5, 0.6) is 0 Å². The van der Waals surface area contributed by atoms with Gasteiger partial charge in [0.2, 0.25) is 0 Å². The molecular weight excluding hydrogens is 284 g/mol. The first-order valence-electron chi connectivity index (χ1n) is 8.94. The number of amides is 1. The molecule has 3 nitrogen and oxygen atoms in total. The van der Waals surface area contributed by atoms with Crippen molar-refractivity contribution in [3.63, 3.8) is 0 Å². The van der Waals surface area contributed by atoms with E-state index in [-0.39, 0.29) is 5.91 Å². The van der Waals surface area contributed by atoms with Crippen molar-refractivity contribution in [2.45, 2.75) is 53.9 Å². The molecule has 0 radical (unpaired) electrons. The number of hydrogen-bond donors (Lipinski definition) is 0. The van der Waals surface area contributed by atoms with Gasteiger partial charge in [-0.05, 0) is 69.1 Å². The largest absolute Gasteiger partial charge is 0.345 e. The standard InChI is InChI=1S/C12H17NO.C8H19N/c1-5-10-6-7-11(8-9(10)2)12(14)13(3)4;1-4-7-9(6-3)8-5-2/h6-8H,5H2,1-4H3;4-8H2,1-3H3. The van der Waals surface area contributed by atoms with Crippen LogP contribution in [0.25, 0.3) is 0 Å². The van der Waals surface area contributed by atoms with Crippen molar-refractivity contribution in [2.75, 3.05) is 33.7 Å². The molecule has 3 heteroatoms. The van der Waals surface area contributed by atoms with Crippen LogP contribution in [0.2, 0.25) is 0 Å². The summed E-state index contributed by atoms with van der Waals surface area (Å²) in [6.07, 6.45) is 3.59. The summed E-state index contributed by atoms with van der Waals surface area (Å²) in [6, 6.07) is 5.89. The molecule has 1 aromatic carbocycles. The van der Waals surface area contributed by atoms with Crippen molar-refractivity contribution >= 4 is 5.91 Å². The van der Waals surface area contributed by atoms with Crippen LogP contribution in [0.1, 0.15) is 62.0 Å². The predicted octanol–water partition coefficient (Wildman–Crippen LogP) is 4.39. The van der Waals surface area contributed by atoms with E-state index in [2.05, 4.69) is 32.6 Å². The first-order valence-corrected chi connectivity index (χ1v) is 8.94. The molecule has 132 valence electrons. The van der Waals surface area contributed by atoms with Crippen molar-refractivity contribution in [3.8, 4) is 0 Å². The lowest BCUT2D eigenvalue weighted by Gasteiger charge is -2.17. The van der Waals surface area contributed by atoms with Gasteiger partial charge in [0, 0.05) is 19.7 Å². The molecule has 0 unspecified atom stereocenters. The lowest BCUT2D eigenvalue weighted by molar-refractivity contribution is 0.0827. The van der Waals surface area contributed by atoms with Crippen LogP contribution in [-0.4, -0.2) is 49.4 Å². The van der Waals surface area contributed by atoms with Gasteiger partial charge in [0.15, 0.2) is 0 Å². The minimum Gasteiger partial charge on any atom is -0.345 e. The molecule has 0 aliphatic heterocycles. The maximum Gasteiger partial charge on any atom is 0.253 e. The summed E-state index contributed by atoms with van der Waals surface area (Å²) in [6.45, 7) is 14.6. The van der Waals surface area contributed by atoms with Crippen LogP contribution in [0.15, 0.2) is 18.2 Å². The number of benzene rings is 1. The fourth-order valence-corrected chi connectivity index (χ4v) is 2.54. The Morgan fingerprint density at radius 2 is 1.57 bits per heavy atom. The average Bonchev–Trinajstić information content (AvgIpc) is 2.54. The second-order valence-corrected chi connectivity index (χ2v) is 6.13. The van der Waals surface area contributed by atoms with Crippen LogP contribution in [0, 0.1) is 6.92 Å². The molecule has 0 bridgehead atoms. The predicted molar refractivity (Wildman–Crippen MR) is 101 cm³/mol. The summed E-state index contributed by atoms with van der Waals surface area (Å²) in [5.41, 5.74) is 3.27. The van der Waals surface area contributed by atoms with Crippen LogP contribution >= 0.6 is 0 Å². The van der Waals surface area contributed by atoms with Crippen LogP contribution in [0.3, 0.4) is 0 Å². The van der Waals surface area contributed by atoms with Gasteiger partial charge >= 0.3 is 0 Å². The molecule has 23 heavy (non-hydrogen) atoms. The van der Waals surface area contributed by atoms with Gasteiger partial charge in [0.1, 0.15) is 0 Å². The topological polar surface area (TPSA) is 23.6 Å². The molecule has 1 amide bonds. The van der Waals surface area contributed by atoms with E-state index in [9.17, 15) is 4.79 Å². The summed E-state index contributed by atoms with van der Waals surface area (Å²) in [7, 11) is 3.54. The average molecular weight is 321 g/mol. The lowest BCUT2D eigenvalue weighted by Crippen LogP contribution is -2.24. The third kappa shape index (κ3) is 8.17. The van der Waals surface area contributed by atoms with E-state index in [1.165, 1.54) is 43.6 Å². The van der Waals surface area contributed by atoms with Gasteiger partial charge in [-0.15, -0.1) is 0 Å². The van der Waals surface area contributed by atoms with Gasteiger partial charge in [0.05, 0.1) is 0 Å². The van der Waals surface area contributed by atoms with E-state index in [1.807, 2.05) is 25.1 Å². The van der Waals surface area contributed by atoms with E-state index in [0.29, 0.717) is 0 Å².